The van der Waals surface area contributed by atoms with Gasteiger partial charge in [-0.25, -0.2) is 9.78 Å². The van der Waals surface area contributed by atoms with E-state index in [2.05, 4.69) is 25.8 Å². The molecule has 0 unspecified atom stereocenters. The van der Waals surface area contributed by atoms with Crippen molar-refractivity contribution in [1.82, 2.24) is 25.8 Å². The molecule has 0 saturated heterocycles. The van der Waals surface area contributed by atoms with Crippen LogP contribution in [0.2, 0.25) is 0 Å². The molecule has 0 aromatic carbocycles. The number of furan rings is 1. The molecule has 25 heavy (non-hydrogen) atoms. The molecule has 0 aliphatic rings. The van der Waals surface area contributed by atoms with Crippen LogP contribution in [-0.4, -0.2) is 27.8 Å². The summed E-state index contributed by atoms with van der Waals surface area (Å²) in [5.74, 6) is 1.88. The summed E-state index contributed by atoms with van der Waals surface area (Å²) in [6.45, 7) is 2.85. The molecular weight excluding hydrogens is 326 g/mol. The van der Waals surface area contributed by atoms with E-state index in [1.54, 1.807) is 36.7 Å². The van der Waals surface area contributed by atoms with Gasteiger partial charge in [-0.15, -0.1) is 0 Å². The Morgan fingerprint density at radius 1 is 1.24 bits per heavy atom. The standard InChI is InChI=1S/C16H17N5O4/c1-2-23-13-6-5-11(8-17-13)15-20-14(25-21-15)10-19-16(22)18-9-12-4-3-7-24-12/h3-8H,2,9-10H2,1H3,(H2,18,19,22). The number of pyridine rings is 1. The van der Waals surface area contributed by atoms with Crippen molar-refractivity contribution in [3.8, 4) is 17.3 Å². The van der Waals surface area contributed by atoms with Crippen molar-refractivity contribution in [2.45, 2.75) is 20.0 Å². The number of carbonyl (C=O) groups excluding carboxylic acids is 1. The number of amides is 2. The van der Waals surface area contributed by atoms with Crippen LogP contribution in [0, 0.1) is 0 Å². The average Bonchev–Trinajstić information content (AvgIpc) is 3.31. The maximum Gasteiger partial charge on any atom is 0.315 e. The van der Waals surface area contributed by atoms with Crippen LogP contribution in [0.15, 0.2) is 45.7 Å². The summed E-state index contributed by atoms with van der Waals surface area (Å²) >= 11 is 0. The van der Waals surface area contributed by atoms with Gasteiger partial charge >= 0.3 is 6.03 Å². The van der Waals surface area contributed by atoms with E-state index in [4.69, 9.17) is 13.7 Å². The summed E-state index contributed by atoms with van der Waals surface area (Å²) in [5.41, 5.74) is 0.695. The van der Waals surface area contributed by atoms with Crippen molar-refractivity contribution in [3.63, 3.8) is 0 Å². The van der Waals surface area contributed by atoms with Crippen molar-refractivity contribution in [3.05, 3.63) is 48.4 Å². The summed E-state index contributed by atoms with van der Waals surface area (Å²) in [7, 11) is 0. The molecular formula is C16H17N5O4. The molecule has 9 heteroatoms. The molecule has 3 aromatic heterocycles. The molecule has 0 spiro atoms. The number of nitrogens with zero attached hydrogens (tertiary/aromatic N) is 3. The van der Waals surface area contributed by atoms with Gasteiger partial charge in [0.2, 0.25) is 17.6 Å². The highest BCUT2D eigenvalue weighted by molar-refractivity contribution is 5.73. The largest absolute Gasteiger partial charge is 0.478 e. The Morgan fingerprint density at radius 3 is 2.84 bits per heavy atom. The first-order chi connectivity index (χ1) is 12.2. The Balaban J connectivity index is 1.50. The minimum absolute atomic E-state index is 0.113. The van der Waals surface area contributed by atoms with Gasteiger partial charge in [0.25, 0.3) is 0 Å². The quantitative estimate of drug-likeness (QED) is 0.675. The third-order valence-electron chi connectivity index (χ3n) is 3.16. The Morgan fingerprint density at radius 2 is 2.12 bits per heavy atom. The van der Waals surface area contributed by atoms with Crippen LogP contribution >= 0.6 is 0 Å². The van der Waals surface area contributed by atoms with Gasteiger partial charge in [0.1, 0.15) is 5.76 Å². The van der Waals surface area contributed by atoms with E-state index in [9.17, 15) is 4.79 Å². The predicted molar refractivity (Wildman–Crippen MR) is 86.5 cm³/mol. The fraction of sp³-hybridized carbons (Fsp3) is 0.250. The number of urea groups is 1. The highest BCUT2D eigenvalue weighted by atomic mass is 16.5. The minimum atomic E-state index is -0.362. The van der Waals surface area contributed by atoms with Gasteiger partial charge in [-0.3, -0.25) is 0 Å². The number of nitrogens with one attached hydrogen (secondary N) is 2. The first-order valence-corrected chi connectivity index (χ1v) is 7.70. The summed E-state index contributed by atoms with van der Waals surface area (Å²) in [4.78, 5) is 20.1. The molecule has 2 amide bonds. The SMILES string of the molecule is CCOc1ccc(-c2noc(CNC(=O)NCc3ccco3)n2)cn1. The molecule has 0 fully saturated rings. The van der Waals surface area contributed by atoms with E-state index in [0.29, 0.717) is 36.2 Å². The van der Waals surface area contributed by atoms with Gasteiger partial charge in [-0.1, -0.05) is 5.16 Å². The zero-order valence-electron chi connectivity index (χ0n) is 13.6. The lowest BCUT2D eigenvalue weighted by atomic mass is 10.3. The van der Waals surface area contributed by atoms with Crippen LogP contribution in [0.1, 0.15) is 18.6 Å². The van der Waals surface area contributed by atoms with Crippen molar-refractivity contribution in [2.75, 3.05) is 6.61 Å². The first kappa shape index (κ1) is 16.5. The third kappa shape index (κ3) is 4.56. The second-order valence-electron chi connectivity index (χ2n) is 4.95. The van der Waals surface area contributed by atoms with Gasteiger partial charge in [0.05, 0.1) is 26.0 Å². The van der Waals surface area contributed by atoms with Gasteiger partial charge in [-0.2, -0.15) is 4.98 Å². The molecule has 0 radical (unpaired) electrons. The van der Waals surface area contributed by atoms with Crippen molar-refractivity contribution < 1.29 is 18.5 Å². The lowest BCUT2D eigenvalue weighted by molar-refractivity contribution is 0.237. The molecule has 0 aliphatic heterocycles. The van der Waals surface area contributed by atoms with Crippen LogP contribution in [-0.2, 0) is 13.1 Å². The number of rotatable bonds is 7. The molecule has 3 rings (SSSR count). The Hall–Kier alpha value is -3.36. The number of aromatic nitrogens is 3. The molecule has 3 heterocycles. The maximum absolute atomic E-state index is 11.7. The van der Waals surface area contributed by atoms with Crippen LogP contribution in [0.25, 0.3) is 11.4 Å². The molecule has 0 atom stereocenters. The van der Waals surface area contributed by atoms with Gasteiger partial charge in [-0.05, 0) is 25.1 Å². The zero-order chi connectivity index (χ0) is 17.5. The Kier molecular flexibility index (Phi) is 5.25. The number of carbonyl (C=O) groups is 1. The number of ether oxygens (including phenoxy) is 1. The average molecular weight is 343 g/mol. The lowest BCUT2D eigenvalue weighted by Crippen LogP contribution is -2.34. The molecule has 9 nitrogen and oxygen atoms in total. The van der Waals surface area contributed by atoms with Crippen LogP contribution in [0.3, 0.4) is 0 Å². The second kappa shape index (κ2) is 7.95. The van der Waals surface area contributed by atoms with E-state index >= 15 is 0 Å². The lowest BCUT2D eigenvalue weighted by Gasteiger charge is -2.03. The molecule has 0 saturated carbocycles. The maximum atomic E-state index is 11.7. The van der Waals surface area contributed by atoms with Gasteiger partial charge in [0.15, 0.2) is 0 Å². The first-order valence-electron chi connectivity index (χ1n) is 7.70. The summed E-state index contributed by atoms with van der Waals surface area (Å²) < 4.78 is 15.5. The number of hydrogen-bond donors (Lipinski definition) is 2. The number of hydrogen-bond acceptors (Lipinski definition) is 7. The fourth-order valence-electron chi connectivity index (χ4n) is 1.99. The topological polar surface area (TPSA) is 115 Å². The highest BCUT2D eigenvalue weighted by Crippen LogP contribution is 2.17. The minimum Gasteiger partial charge on any atom is -0.478 e. The molecule has 0 aliphatic carbocycles. The van der Waals surface area contributed by atoms with Gasteiger partial charge in [0, 0.05) is 17.8 Å². The molecule has 3 aromatic rings. The van der Waals surface area contributed by atoms with E-state index < -0.39 is 0 Å². The zero-order valence-corrected chi connectivity index (χ0v) is 13.6. The highest BCUT2D eigenvalue weighted by Gasteiger charge is 2.10. The molecule has 0 bridgehead atoms. The Bertz CT molecular complexity index is 798. The fourth-order valence-corrected chi connectivity index (χ4v) is 1.99. The van der Waals surface area contributed by atoms with Crippen LogP contribution in [0.5, 0.6) is 5.88 Å². The van der Waals surface area contributed by atoms with E-state index in [1.165, 1.54) is 0 Å². The van der Waals surface area contributed by atoms with E-state index in [-0.39, 0.29) is 18.5 Å². The van der Waals surface area contributed by atoms with Crippen molar-refractivity contribution in [1.29, 1.82) is 0 Å². The molecule has 130 valence electrons. The predicted octanol–water partition coefficient (Wildman–Crippen LogP) is 2.12. The third-order valence-corrected chi connectivity index (χ3v) is 3.16. The monoisotopic (exact) mass is 343 g/mol. The Labute approximate surface area is 143 Å². The smallest absolute Gasteiger partial charge is 0.315 e. The van der Waals surface area contributed by atoms with Crippen molar-refractivity contribution >= 4 is 6.03 Å². The summed E-state index contributed by atoms with van der Waals surface area (Å²) in [5, 5.41) is 9.16. The van der Waals surface area contributed by atoms with E-state index in [0.717, 1.165) is 0 Å². The normalized spacial score (nSPS) is 10.4. The summed E-state index contributed by atoms with van der Waals surface area (Å²) in [6.07, 6.45) is 3.15. The summed E-state index contributed by atoms with van der Waals surface area (Å²) in [6, 6.07) is 6.68. The van der Waals surface area contributed by atoms with Crippen LogP contribution < -0.4 is 15.4 Å². The van der Waals surface area contributed by atoms with Crippen molar-refractivity contribution in [2.24, 2.45) is 0 Å². The molecule has 2 N–H and O–H groups in total. The second-order valence-corrected chi connectivity index (χ2v) is 4.95. The van der Waals surface area contributed by atoms with Gasteiger partial charge < -0.3 is 24.3 Å². The van der Waals surface area contributed by atoms with Crippen LogP contribution in [0.4, 0.5) is 4.79 Å². The van der Waals surface area contributed by atoms with E-state index in [1.807, 2.05) is 6.92 Å².